The van der Waals surface area contributed by atoms with Crippen LogP contribution in [0, 0.1) is 0 Å². The molecule has 0 bridgehead atoms. The van der Waals surface area contributed by atoms with E-state index in [4.69, 9.17) is 34.8 Å². The number of halogens is 5. The Kier molecular flexibility index (Phi) is 7.46. The fourth-order valence-corrected chi connectivity index (χ4v) is 6.15. The standard InChI is InChI=1S/C25H21Cl3F2N2O2S/c1-2-25(29,30)18-5-10-21(11-6-18)35(33,34)31-13-14-32(23-12-9-20(27)15-22(23)28)24(16-31)17-3-7-19(26)8-4-17/h2-12,15,24H,1,13-14,16H2. The number of nitrogens with zero attached hydrogens (tertiary/aromatic N) is 2. The number of benzene rings is 3. The Morgan fingerprint density at radius 1 is 0.914 bits per heavy atom. The third-order valence-corrected chi connectivity index (χ3v) is 8.62. The average molecular weight is 558 g/mol. The zero-order valence-electron chi connectivity index (χ0n) is 18.3. The number of sulfonamides is 1. The highest BCUT2D eigenvalue weighted by Gasteiger charge is 2.36. The van der Waals surface area contributed by atoms with Crippen molar-refractivity contribution in [2.24, 2.45) is 0 Å². The van der Waals surface area contributed by atoms with Gasteiger partial charge in [-0.25, -0.2) is 8.42 Å². The van der Waals surface area contributed by atoms with Crippen molar-refractivity contribution in [1.82, 2.24) is 4.31 Å². The predicted molar refractivity (Wildman–Crippen MR) is 137 cm³/mol. The van der Waals surface area contributed by atoms with Gasteiger partial charge in [0.15, 0.2) is 0 Å². The van der Waals surface area contributed by atoms with Gasteiger partial charge < -0.3 is 4.90 Å². The fraction of sp³-hybridized carbons (Fsp3) is 0.200. The molecule has 1 atom stereocenters. The number of rotatable bonds is 6. The van der Waals surface area contributed by atoms with Gasteiger partial charge in [-0.1, -0.05) is 65.6 Å². The molecule has 10 heteroatoms. The molecule has 0 amide bonds. The fourth-order valence-electron chi connectivity index (χ4n) is 4.07. The molecule has 1 saturated heterocycles. The Morgan fingerprint density at radius 3 is 2.14 bits per heavy atom. The van der Waals surface area contributed by atoms with E-state index in [1.165, 1.54) is 16.4 Å². The molecule has 0 N–H and O–H groups in total. The van der Waals surface area contributed by atoms with Crippen LogP contribution in [-0.4, -0.2) is 32.4 Å². The third-order valence-electron chi connectivity index (χ3n) is 5.95. The van der Waals surface area contributed by atoms with Crippen molar-refractivity contribution in [3.8, 4) is 0 Å². The summed E-state index contributed by atoms with van der Waals surface area (Å²) in [4.78, 5) is 1.97. The quantitative estimate of drug-likeness (QED) is 0.302. The Hall–Kier alpha value is -2.16. The molecule has 0 spiro atoms. The molecular weight excluding hydrogens is 537 g/mol. The molecule has 4 rings (SSSR count). The highest BCUT2D eigenvalue weighted by Crippen LogP contribution is 2.38. The number of piperazine rings is 1. The summed E-state index contributed by atoms with van der Waals surface area (Å²) in [5.74, 6) is -3.24. The summed E-state index contributed by atoms with van der Waals surface area (Å²) in [5.41, 5.74) is 1.25. The van der Waals surface area contributed by atoms with E-state index in [1.807, 2.05) is 17.0 Å². The molecule has 1 unspecified atom stereocenters. The number of hydrogen-bond acceptors (Lipinski definition) is 3. The van der Waals surface area contributed by atoms with Crippen molar-refractivity contribution < 1.29 is 17.2 Å². The van der Waals surface area contributed by atoms with Crippen LogP contribution in [0.4, 0.5) is 14.5 Å². The summed E-state index contributed by atoms with van der Waals surface area (Å²) < 4.78 is 56.0. The van der Waals surface area contributed by atoms with Crippen LogP contribution in [0.25, 0.3) is 0 Å². The maximum Gasteiger partial charge on any atom is 0.291 e. The summed E-state index contributed by atoms with van der Waals surface area (Å²) in [6, 6.07) is 16.6. The van der Waals surface area contributed by atoms with Gasteiger partial charge in [-0.2, -0.15) is 13.1 Å². The van der Waals surface area contributed by atoms with Crippen LogP contribution in [0.3, 0.4) is 0 Å². The van der Waals surface area contributed by atoms with Crippen LogP contribution in [0.1, 0.15) is 17.2 Å². The Morgan fingerprint density at radius 2 is 1.54 bits per heavy atom. The molecule has 0 aromatic heterocycles. The highest BCUT2D eigenvalue weighted by atomic mass is 35.5. The van der Waals surface area contributed by atoms with Crippen molar-refractivity contribution in [3.63, 3.8) is 0 Å². The minimum absolute atomic E-state index is 0.0612. The van der Waals surface area contributed by atoms with E-state index in [1.54, 1.807) is 30.3 Å². The first-order valence-corrected chi connectivity index (χ1v) is 13.2. The van der Waals surface area contributed by atoms with E-state index in [0.717, 1.165) is 23.4 Å². The van der Waals surface area contributed by atoms with Gasteiger partial charge >= 0.3 is 0 Å². The first-order chi connectivity index (χ1) is 16.5. The van der Waals surface area contributed by atoms with Gasteiger partial charge in [0.25, 0.3) is 5.92 Å². The SMILES string of the molecule is C=CC(F)(F)c1ccc(S(=O)(=O)N2CCN(c3ccc(Cl)cc3Cl)C(c3ccc(Cl)cc3)C2)cc1. The van der Waals surface area contributed by atoms with Crippen molar-refractivity contribution in [2.45, 2.75) is 16.9 Å². The van der Waals surface area contributed by atoms with Gasteiger partial charge in [0, 0.05) is 35.2 Å². The van der Waals surface area contributed by atoms with Gasteiger partial charge in [-0.3, -0.25) is 0 Å². The van der Waals surface area contributed by atoms with Crippen LogP contribution >= 0.6 is 34.8 Å². The van der Waals surface area contributed by atoms with Crippen LogP contribution in [0.5, 0.6) is 0 Å². The van der Waals surface area contributed by atoms with Gasteiger partial charge in [-0.05, 0) is 54.1 Å². The highest BCUT2D eigenvalue weighted by molar-refractivity contribution is 7.89. The number of alkyl halides is 2. The van der Waals surface area contributed by atoms with E-state index in [0.29, 0.717) is 27.7 Å². The van der Waals surface area contributed by atoms with Crippen molar-refractivity contribution >= 4 is 50.5 Å². The molecule has 1 fully saturated rings. The van der Waals surface area contributed by atoms with Crippen LogP contribution in [0.2, 0.25) is 15.1 Å². The number of anilines is 1. The second-order valence-corrected chi connectivity index (χ2v) is 11.3. The summed E-state index contributed by atoms with van der Waals surface area (Å²) in [6.45, 7) is 3.78. The van der Waals surface area contributed by atoms with Crippen molar-refractivity contribution in [1.29, 1.82) is 0 Å². The zero-order chi connectivity index (χ0) is 25.4. The molecule has 3 aromatic rings. The van der Waals surface area contributed by atoms with E-state index in [-0.39, 0.29) is 29.6 Å². The molecule has 4 nitrogen and oxygen atoms in total. The van der Waals surface area contributed by atoms with Crippen LogP contribution < -0.4 is 4.90 Å². The third kappa shape index (κ3) is 5.34. The second-order valence-electron chi connectivity index (χ2n) is 8.07. The summed E-state index contributed by atoms with van der Waals surface area (Å²) in [6.07, 6.45) is 0.522. The first-order valence-electron chi connectivity index (χ1n) is 10.6. The molecule has 0 aliphatic carbocycles. The molecule has 0 saturated carbocycles. The Bertz CT molecular complexity index is 1330. The molecular formula is C25H21Cl3F2N2O2S. The number of allylic oxidation sites excluding steroid dienone is 1. The lowest BCUT2D eigenvalue weighted by Crippen LogP contribution is -2.50. The van der Waals surface area contributed by atoms with E-state index in [2.05, 4.69) is 6.58 Å². The first kappa shape index (κ1) is 25.9. The van der Waals surface area contributed by atoms with Gasteiger partial charge in [0.1, 0.15) is 0 Å². The minimum Gasteiger partial charge on any atom is -0.361 e. The van der Waals surface area contributed by atoms with Gasteiger partial charge in [0.05, 0.1) is 21.6 Å². The molecule has 3 aromatic carbocycles. The van der Waals surface area contributed by atoms with Gasteiger partial charge in [0.2, 0.25) is 10.0 Å². The van der Waals surface area contributed by atoms with E-state index < -0.39 is 15.9 Å². The lowest BCUT2D eigenvalue weighted by atomic mass is 10.0. The maximum atomic E-state index is 13.9. The molecule has 35 heavy (non-hydrogen) atoms. The summed E-state index contributed by atoms with van der Waals surface area (Å²) >= 11 is 18.6. The maximum absolute atomic E-state index is 13.9. The smallest absolute Gasteiger partial charge is 0.291 e. The summed E-state index contributed by atoms with van der Waals surface area (Å²) in [7, 11) is -3.95. The zero-order valence-corrected chi connectivity index (χ0v) is 21.4. The van der Waals surface area contributed by atoms with Crippen LogP contribution in [-0.2, 0) is 15.9 Å². The molecule has 1 aliphatic rings. The molecule has 0 radical (unpaired) electrons. The average Bonchev–Trinajstić information content (AvgIpc) is 2.84. The predicted octanol–water partition coefficient (Wildman–Crippen LogP) is 7.18. The van der Waals surface area contributed by atoms with E-state index >= 15 is 0 Å². The Labute approximate surface area is 218 Å². The normalized spacial score (nSPS) is 17.4. The topological polar surface area (TPSA) is 40.6 Å². The summed E-state index contributed by atoms with van der Waals surface area (Å²) in [5, 5.41) is 1.50. The van der Waals surface area contributed by atoms with Crippen LogP contribution in [0.15, 0.2) is 84.3 Å². The van der Waals surface area contributed by atoms with Gasteiger partial charge in [-0.15, -0.1) is 0 Å². The lowest BCUT2D eigenvalue weighted by Gasteiger charge is -2.42. The largest absolute Gasteiger partial charge is 0.361 e. The minimum atomic E-state index is -3.95. The second kappa shape index (κ2) is 10.1. The monoisotopic (exact) mass is 556 g/mol. The Balaban J connectivity index is 1.68. The van der Waals surface area contributed by atoms with E-state index in [9.17, 15) is 17.2 Å². The lowest BCUT2D eigenvalue weighted by molar-refractivity contribution is 0.0525. The molecule has 1 heterocycles. The molecule has 184 valence electrons. The number of hydrogen-bond donors (Lipinski definition) is 0. The van der Waals surface area contributed by atoms with Crippen molar-refractivity contribution in [2.75, 3.05) is 24.5 Å². The molecule has 1 aliphatic heterocycles. The van der Waals surface area contributed by atoms with Crippen molar-refractivity contribution in [3.05, 3.63) is 106 Å².